The number of nitrogens with zero attached hydrogens (tertiary/aromatic N) is 4. The molecule has 0 amide bonds. The standard InChI is InChI=1S/C21H17N5O/c1-14-12-24-26-20(23-13-16-6-4-5-15(9-16)11-22)10-18(25-21(14)26)17-7-2-3-8-19(17)27/h2-10,12,23,27H,13H2,1H3. The van der Waals surface area contributed by atoms with Gasteiger partial charge in [0.1, 0.15) is 11.6 Å². The maximum absolute atomic E-state index is 10.2. The second kappa shape index (κ2) is 6.81. The molecule has 0 aliphatic rings. The van der Waals surface area contributed by atoms with Crippen molar-refractivity contribution in [3.63, 3.8) is 0 Å². The highest BCUT2D eigenvalue weighted by atomic mass is 16.3. The van der Waals surface area contributed by atoms with Gasteiger partial charge in [-0.2, -0.15) is 14.9 Å². The number of para-hydroxylation sites is 1. The number of anilines is 1. The largest absolute Gasteiger partial charge is 0.507 e. The quantitative estimate of drug-likeness (QED) is 0.580. The first kappa shape index (κ1) is 16.6. The van der Waals surface area contributed by atoms with Gasteiger partial charge < -0.3 is 10.4 Å². The molecule has 0 saturated carbocycles. The number of aryl methyl sites for hydroxylation is 1. The summed E-state index contributed by atoms with van der Waals surface area (Å²) in [5.74, 6) is 0.938. The van der Waals surface area contributed by atoms with E-state index < -0.39 is 0 Å². The number of phenols is 1. The molecule has 0 radical (unpaired) electrons. The molecule has 0 unspecified atom stereocenters. The van der Waals surface area contributed by atoms with Crippen LogP contribution in [0.3, 0.4) is 0 Å². The van der Waals surface area contributed by atoms with E-state index in [0.29, 0.717) is 23.4 Å². The molecule has 27 heavy (non-hydrogen) atoms. The Labute approximate surface area is 156 Å². The third kappa shape index (κ3) is 3.18. The van der Waals surface area contributed by atoms with Gasteiger partial charge in [-0.1, -0.05) is 24.3 Å². The molecule has 0 aliphatic carbocycles. The highest BCUT2D eigenvalue weighted by molar-refractivity contribution is 5.72. The van der Waals surface area contributed by atoms with Crippen LogP contribution in [-0.2, 0) is 6.54 Å². The third-order valence-electron chi connectivity index (χ3n) is 4.36. The van der Waals surface area contributed by atoms with Gasteiger partial charge in [0.05, 0.1) is 23.5 Å². The van der Waals surface area contributed by atoms with Gasteiger partial charge in [-0.25, -0.2) is 4.98 Å². The topological polar surface area (TPSA) is 86.2 Å². The average Bonchev–Trinajstić information content (AvgIpc) is 3.07. The van der Waals surface area contributed by atoms with Gasteiger partial charge in [-0.3, -0.25) is 0 Å². The number of hydrogen-bond acceptors (Lipinski definition) is 5. The summed E-state index contributed by atoms with van der Waals surface area (Å²) < 4.78 is 1.74. The Balaban J connectivity index is 1.75. The van der Waals surface area contributed by atoms with Crippen LogP contribution in [-0.4, -0.2) is 19.7 Å². The second-order valence-corrected chi connectivity index (χ2v) is 6.27. The van der Waals surface area contributed by atoms with Crippen molar-refractivity contribution in [3.05, 3.63) is 77.5 Å². The molecule has 0 atom stereocenters. The molecular formula is C21H17N5O. The number of nitrogens with one attached hydrogen (secondary N) is 1. The molecule has 4 rings (SSSR count). The van der Waals surface area contributed by atoms with E-state index in [9.17, 15) is 5.11 Å². The summed E-state index contributed by atoms with van der Waals surface area (Å²) in [5, 5.41) is 27.0. The summed E-state index contributed by atoms with van der Waals surface area (Å²) in [6, 6.07) is 18.6. The van der Waals surface area contributed by atoms with Crippen molar-refractivity contribution in [2.24, 2.45) is 0 Å². The van der Waals surface area contributed by atoms with Gasteiger partial charge in [-0.15, -0.1) is 0 Å². The van der Waals surface area contributed by atoms with Gasteiger partial charge in [-0.05, 0) is 36.8 Å². The Morgan fingerprint density at radius 3 is 2.81 bits per heavy atom. The normalized spacial score (nSPS) is 10.7. The van der Waals surface area contributed by atoms with Crippen LogP contribution in [0.2, 0.25) is 0 Å². The van der Waals surface area contributed by atoms with Gasteiger partial charge in [0.15, 0.2) is 5.65 Å². The number of aromatic nitrogens is 3. The van der Waals surface area contributed by atoms with E-state index in [-0.39, 0.29) is 5.75 Å². The summed E-state index contributed by atoms with van der Waals surface area (Å²) in [7, 11) is 0. The maximum Gasteiger partial charge on any atom is 0.160 e. The Bertz CT molecular complexity index is 1170. The van der Waals surface area contributed by atoms with E-state index in [1.54, 1.807) is 28.9 Å². The predicted octanol–water partition coefficient (Wildman–Crippen LogP) is 3.89. The van der Waals surface area contributed by atoms with E-state index in [2.05, 4.69) is 21.5 Å². The first-order valence-electron chi connectivity index (χ1n) is 8.52. The molecule has 2 N–H and O–H groups in total. The predicted molar refractivity (Wildman–Crippen MR) is 103 cm³/mol. The molecule has 4 aromatic rings. The van der Waals surface area contributed by atoms with Crippen LogP contribution in [0, 0.1) is 18.3 Å². The van der Waals surface area contributed by atoms with Gasteiger partial charge in [0.25, 0.3) is 0 Å². The molecule has 2 heterocycles. The highest BCUT2D eigenvalue weighted by Gasteiger charge is 2.13. The minimum Gasteiger partial charge on any atom is -0.507 e. The lowest BCUT2D eigenvalue weighted by atomic mass is 10.1. The van der Waals surface area contributed by atoms with Crippen LogP contribution in [0.1, 0.15) is 16.7 Å². The van der Waals surface area contributed by atoms with E-state index in [1.165, 1.54) is 0 Å². The number of aromatic hydroxyl groups is 1. The lowest BCUT2D eigenvalue weighted by Gasteiger charge is -2.12. The van der Waals surface area contributed by atoms with Crippen LogP contribution < -0.4 is 5.32 Å². The Morgan fingerprint density at radius 2 is 2.00 bits per heavy atom. The molecule has 6 nitrogen and oxygen atoms in total. The fourth-order valence-corrected chi connectivity index (χ4v) is 2.97. The number of nitriles is 1. The van der Waals surface area contributed by atoms with Crippen LogP contribution in [0.15, 0.2) is 60.8 Å². The van der Waals surface area contributed by atoms with Gasteiger partial charge in [0, 0.05) is 23.7 Å². The van der Waals surface area contributed by atoms with Crippen molar-refractivity contribution in [1.29, 1.82) is 5.26 Å². The number of benzene rings is 2. The van der Waals surface area contributed by atoms with Crippen LogP contribution in [0.25, 0.3) is 16.9 Å². The molecule has 0 fully saturated rings. The molecule has 2 aromatic heterocycles. The first-order chi connectivity index (χ1) is 13.2. The van der Waals surface area contributed by atoms with E-state index >= 15 is 0 Å². The molecule has 0 spiro atoms. The minimum atomic E-state index is 0.180. The van der Waals surface area contributed by atoms with E-state index in [1.807, 2.05) is 43.3 Å². The first-order valence-corrected chi connectivity index (χ1v) is 8.52. The Hall–Kier alpha value is -3.85. The second-order valence-electron chi connectivity index (χ2n) is 6.27. The molecule has 6 heteroatoms. The van der Waals surface area contributed by atoms with Gasteiger partial charge in [0.2, 0.25) is 0 Å². The molecule has 0 aliphatic heterocycles. The summed E-state index contributed by atoms with van der Waals surface area (Å²) >= 11 is 0. The van der Waals surface area contributed by atoms with Crippen LogP contribution >= 0.6 is 0 Å². The van der Waals surface area contributed by atoms with Crippen molar-refractivity contribution >= 4 is 11.5 Å². The molecule has 132 valence electrons. The molecular weight excluding hydrogens is 338 g/mol. The van der Waals surface area contributed by atoms with Crippen molar-refractivity contribution in [2.75, 3.05) is 5.32 Å². The molecule has 0 saturated heterocycles. The SMILES string of the molecule is Cc1cnn2c(NCc3cccc(C#N)c3)cc(-c3ccccc3O)nc12. The zero-order valence-electron chi connectivity index (χ0n) is 14.7. The van der Waals surface area contributed by atoms with Crippen molar-refractivity contribution in [2.45, 2.75) is 13.5 Å². The zero-order chi connectivity index (χ0) is 18.8. The summed E-state index contributed by atoms with van der Waals surface area (Å²) in [6.07, 6.45) is 1.76. The van der Waals surface area contributed by atoms with Crippen molar-refractivity contribution in [1.82, 2.24) is 14.6 Å². The lowest BCUT2D eigenvalue weighted by molar-refractivity contribution is 0.477. The fraction of sp³-hybridized carbons (Fsp3) is 0.0952. The average molecular weight is 355 g/mol. The lowest BCUT2D eigenvalue weighted by Crippen LogP contribution is -2.07. The number of hydrogen-bond donors (Lipinski definition) is 2. The Kier molecular flexibility index (Phi) is 4.19. The summed E-state index contributed by atoms with van der Waals surface area (Å²) in [6.45, 7) is 2.48. The van der Waals surface area contributed by atoms with Crippen molar-refractivity contribution < 1.29 is 5.11 Å². The zero-order valence-corrected chi connectivity index (χ0v) is 14.7. The third-order valence-corrected chi connectivity index (χ3v) is 4.36. The molecule has 0 bridgehead atoms. The van der Waals surface area contributed by atoms with Crippen molar-refractivity contribution in [3.8, 4) is 23.1 Å². The molecule has 2 aromatic carbocycles. The van der Waals surface area contributed by atoms with Crippen LogP contribution in [0.5, 0.6) is 5.75 Å². The van der Waals surface area contributed by atoms with Gasteiger partial charge >= 0.3 is 0 Å². The Morgan fingerprint density at radius 1 is 1.15 bits per heavy atom. The van der Waals surface area contributed by atoms with E-state index in [4.69, 9.17) is 5.26 Å². The highest BCUT2D eigenvalue weighted by Crippen LogP contribution is 2.30. The summed E-state index contributed by atoms with van der Waals surface area (Å²) in [4.78, 5) is 4.67. The van der Waals surface area contributed by atoms with E-state index in [0.717, 1.165) is 22.6 Å². The summed E-state index contributed by atoms with van der Waals surface area (Å²) in [5.41, 5.74) is 4.62. The minimum absolute atomic E-state index is 0.180. The van der Waals surface area contributed by atoms with Crippen LogP contribution in [0.4, 0.5) is 5.82 Å². The number of fused-ring (bicyclic) bond motifs is 1. The monoisotopic (exact) mass is 355 g/mol. The fourth-order valence-electron chi connectivity index (χ4n) is 2.97. The number of phenolic OH excluding ortho intramolecular Hbond substituents is 1. The maximum atomic E-state index is 10.2. The smallest absolute Gasteiger partial charge is 0.160 e. The number of rotatable bonds is 4.